The van der Waals surface area contributed by atoms with E-state index in [0.29, 0.717) is 21.1 Å². The van der Waals surface area contributed by atoms with Crippen LogP contribution < -0.4 is 5.32 Å². The summed E-state index contributed by atoms with van der Waals surface area (Å²) in [5.41, 5.74) is 0.575. The predicted octanol–water partition coefficient (Wildman–Crippen LogP) is 5.87. The zero-order chi connectivity index (χ0) is 16.6. The van der Waals surface area contributed by atoms with Crippen molar-refractivity contribution in [1.29, 1.82) is 0 Å². The van der Waals surface area contributed by atoms with Gasteiger partial charge in [-0.2, -0.15) is 0 Å². The lowest BCUT2D eigenvalue weighted by atomic mass is 10.0. The average molecular weight is 411 g/mol. The quantitative estimate of drug-likeness (QED) is 0.555. The van der Waals surface area contributed by atoms with Crippen molar-refractivity contribution < 1.29 is 9.90 Å². The van der Waals surface area contributed by atoms with Gasteiger partial charge in [0.05, 0.1) is 16.3 Å². The molecular weight excluding hydrogens is 401 g/mol. The summed E-state index contributed by atoms with van der Waals surface area (Å²) in [7, 11) is 0. The first-order chi connectivity index (χ1) is 11.0. The van der Waals surface area contributed by atoms with E-state index in [1.165, 1.54) is 6.07 Å². The maximum absolute atomic E-state index is 12.5. The fourth-order valence-electron chi connectivity index (χ4n) is 2.27. The Morgan fingerprint density at radius 2 is 1.74 bits per heavy atom. The molecule has 0 aliphatic heterocycles. The Bertz CT molecular complexity index is 928. The number of hydrogen-bond acceptors (Lipinski definition) is 2. The van der Waals surface area contributed by atoms with E-state index in [9.17, 15) is 9.90 Å². The van der Waals surface area contributed by atoms with Crippen molar-refractivity contribution in [2.45, 2.75) is 0 Å². The minimum atomic E-state index is -0.460. The summed E-state index contributed by atoms with van der Waals surface area (Å²) in [6, 6.07) is 13.6. The van der Waals surface area contributed by atoms with Gasteiger partial charge in [-0.3, -0.25) is 4.79 Å². The van der Waals surface area contributed by atoms with Crippen LogP contribution in [0.1, 0.15) is 10.4 Å². The first-order valence-electron chi connectivity index (χ1n) is 6.64. The fraction of sp³-hybridized carbons (Fsp3) is 0. The second-order valence-corrected chi connectivity index (χ2v) is 6.58. The van der Waals surface area contributed by atoms with Crippen LogP contribution in [-0.2, 0) is 0 Å². The van der Waals surface area contributed by atoms with Crippen LogP contribution in [0.3, 0.4) is 0 Å². The molecule has 116 valence electrons. The molecule has 0 unspecified atom stereocenters. The van der Waals surface area contributed by atoms with Gasteiger partial charge in [0.2, 0.25) is 0 Å². The first kappa shape index (κ1) is 16.1. The van der Waals surface area contributed by atoms with Gasteiger partial charge in [-0.1, -0.05) is 63.4 Å². The molecule has 0 atom stereocenters. The van der Waals surface area contributed by atoms with E-state index in [2.05, 4.69) is 21.2 Å². The molecule has 0 radical (unpaired) electrons. The second-order valence-electron chi connectivity index (χ2n) is 4.88. The van der Waals surface area contributed by atoms with E-state index in [4.69, 9.17) is 23.2 Å². The van der Waals surface area contributed by atoms with Crippen molar-refractivity contribution in [2.75, 3.05) is 5.32 Å². The third kappa shape index (κ3) is 3.15. The number of amides is 1. The van der Waals surface area contributed by atoms with Crippen LogP contribution in [-0.4, -0.2) is 11.0 Å². The normalized spacial score (nSPS) is 10.7. The number of carbonyl (C=O) groups is 1. The summed E-state index contributed by atoms with van der Waals surface area (Å²) in [4.78, 5) is 12.5. The van der Waals surface area contributed by atoms with Crippen LogP contribution in [0.4, 0.5) is 5.69 Å². The lowest BCUT2D eigenvalue weighted by molar-refractivity contribution is 0.102. The van der Waals surface area contributed by atoms with Gasteiger partial charge in [-0.05, 0) is 29.7 Å². The Hall–Kier alpha value is -1.75. The highest BCUT2D eigenvalue weighted by atomic mass is 79.9. The topological polar surface area (TPSA) is 49.3 Å². The molecule has 3 nitrogen and oxygen atoms in total. The number of benzene rings is 3. The number of rotatable bonds is 2. The van der Waals surface area contributed by atoms with Crippen LogP contribution >= 0.6 is 39.1 Å². The molecule has 0 aliphatic rings. The Labute approximate surface area is 151 Å². The van der Waals surface area contributed by atoms with Gasteiger partial charge in [0.25, 0.3) is 5.91 Å². The number of halogens is 3. The Balaban J connectivity index is 2.03. The van der Waals surface area contributed by atoms with Crippen molar-refractivity contribution >= 4 is 61.5 Å². The number of hydrogen-bond donors (Lipinski definition) is 2. The standard InChI is InChI=1S/C17H10BrCl2NO2/c18-13-8-12(16(22)11-4-2-1-3-10(11)13)17(23)21-15-6-5-9(19)7-14(15)20/h1-8,22H,(H,21,23). The highest BCUT2D eigenvalue weighted by Gasteiger charge is 2.17. The minimum Gasteiger partial charge on any atom is -0.506 e. The molecule has 0 aliphatic carbocycles. The lowest BCUT2D eigenvalue weighted by Gasteiger charge is -2.11. The summed E-state index contributed by atoms with van der Waals surface area (Å²) in [5, 5.41) is 15.3. The molecule has 0 bridgehead atoms. The van der Waals surface area contributed by atoms with Gasteiger partial charge < -0.3 is 10.4 Å². The van der Waals surface area contributed by atoms with E-state index in [0.717, 1.165) is 9.86 Å². The van der Waals surface area contributed by atoms with Gasteiger partial charge in [0, 0.05) is 14.9 Å². The average Bonchev–Trinajstić information content (AvgIpc) is 2.53. The van der Waals surface area contributed by atoms with E-state index >= 15 is 0 Å². The van der Waals surface area contributed by atoms with Crippen LogP contribution in [0.5, 0.6) is 5.75 Å². The molecule has 0 aromatic heterocycles. The first-order valence-corrected chi connectivity index (χ1v) is 8.19. The summed E-state index contributed by atoms with van der Waals surface area (Å²) >= 11 is 15.3. The summed E-state index contributed by atoms with van der Waals surface area (Å²) in [6.07, 6.45) is 0. The lowest BCUT2D eigenvalue weighted by Crippen LogP contribution is -2.12. The summed E-state index contributed by atoms with van der Waals surface area (Å²) in [5.74, 6) is -0.537. The monoisotopic (exact) mass is 409 g/mol. The SMILES string of the molecule is O=C(Nc1ccc(Cl)cc1Cl)c1cc(Br)c2ccccc2c1O. The van der Waals surface area contributed by atoms with E-state index < -0.39 is 5.91 Å². The third-order valence-electron chi connectivity index (χ3n) is 3.39. The van der Waals surface area contributed by atoms with Crippen molar-refractivity contribution in [3.63, 3.8) is 0 Å². The predicted molar refractivity (Wildman–Crippen MR) is 97.7 cm³/mol. The molecule has 3 aromatic rings. The minimum absolute atomic E-state index is 0.0774. The zero-order valence-electron chi connectivity index (χ0n) is 11.6. The van der Waals surface area contributed by atoms with Gasteiger partial charge in [-0.25, -0.2) is 0 Å². The number of phenolic OH excluding ortho intramolecular Hbond substituents is 1. The van der Waals surface area contributed by atoms with Crippen molar-refractivity contribution in [3.05, 3.63) is 68.6 Å². The number of fused-ring (bicyclic) bond motifs is 1. The zero-order valence-corrected chi connectivity index (χ0v) is 14.7. The maximum atomic E-state index is 12.5. The van der Waals surface area contributed by atoms with Gasteiger partial charge in [0.15, 0.2) is 0 Å². The molecular formula is C17H10BrCl2NO2. The smallest absolute Gasteiger partial charge is 0.259 e. The molecule has 0 fully saturated rings. The number of phenols is 1. The number of nitrogens with one attached hydrogen (secondary N) is 1. The molecule has 0 saturated carbocycles. The maximum Gasteiger partial charge on any atom is 0.259 e. The van der Waals surface area contributed by atoms with Crippen LogP contribution in [0, 0.1) is 0 Å². The second kappa shape index (κ2) is 6.40. The summed E-state index contributed by atoms with van der Waals surface area (Å²) < 4.78 is 0.721. The molecule has 6 heteroatoms. The number of carbonyl (C=O) groups excluding carboxylic acids is 1. The highest BCUT2D eigenvalue weighted by molar-refractivity contribution is 9.10. The largest absolute Gasteiger partial charge is 0.506 e. The Morgan fingerprint density at radius 1 is 1.04 bits per heavy atom. The molecule has 0 saturated heterocycles. The highest BCUT2D eigenvalue weighted by Crippen LogP contribution is 2.35. The molecule has 0 spiro atoms. The van der Waals surface area contributed by atoms with Crippen molar-refractivity contribution in [1.82, 2.24) is 0 Å². The van der Waals surface area contributed by atoms with E-state index in [1.54, 1.807) is 30.3 Å². The number of aromatic hydroxyl groups is 1. The summed E-state index contributed by atoms with van der Waals surface area (Å²) in [6.45, 7) is 0. The van der Waals surface area contributed by atoms with Crippen LogP contribution in [0.15, 0.2) is 53.0 Å². The Kier molecular flexibility index (Phi) is 4.48. The number of anilines is 1. The Morgan fingerprint density at radius 3 is 2.43 bits per heavy atom. The van der Waals surface area contributed by atoms with Crippen LogP contribution in [0.2, 0.25) is 10.0 Å². The molecule has 2 N–H and O–H groups in total. The van der Waals surface area contributed by atoms with Gasteiger partial charge >= 0.3 is 0 Å². The van der Waals surface area contributed by atoms with Gasteiger partial charge in [0.1, 0.15) is 5.75 Å². The molecule has 3 rings (SSSR count). The van der Waals surface area contributed by atoms with Gasteiger partial charge in [-0.15, -0.1) is 0 Å². The molecule has 0 heterocycles. The van der Waals surface area contributed by atoms with E-state index in [1.807, 2.05) is 12.1 Å². The molecule has 3 aromatic carbocycles. The van der Waals surface area contributed by atoms with Crippen molar-refractivity contribution in [2.24, 2.45) is 0 Å². The fourth-order valence-corrected chi connectivity index (χ4v) is 3.30. The third-order valence-corrected chi connectivity index (χ3v) is 4.59. The van der Waals surface area contributed by atoms with Crippen molar-refractivity contribution in [3.8, 4) is 5.75 Å². The molecule has 23 heavy (non-hydrogen) atoms. The van der Waals surface area contributed by atoms with E-state index in [-0.39, 0.29) is 11.3 Å². The van der Waals surface area contributed by atoms with Crippen LogP contribution in [0.25, 0.3) is 10.8 Å². The molecule has 1 amide bonds.